The number of nitrogens with one attached hydrogen (secondary N) is 5. The van der Waals surface area contributed by atoms with E-state index >= 15 is 0 Å². The molecule has 0 bridgehead atoms. The number of piperazine rings is 1. The molecule has 5 N–H and O–H groups in total. The number of benzene rings is 5. The summed E-state index contributed by atoms with van der Waals surface area (Å²) in [7, 11) is -4.63. The van der Waals surface area contributed by atoms with Crippen LogP contribution in [0.3, 0.4) is 0 Å². The van der Waals surface area contributed by atoms with Crippen LogP contribution in [-0.4, -0.2) is 148 Å². The number of rotatable bonds is 25. The number of nitro groups is 1. The summed E-state index contributed by atoms with van der Waals surface area (Å²) in [4.78, 5) is 76.2. The zero-order valence-electron chi connectivity index (χ0n) is 47.5. The van der Waals surface area contributed by atoms with Crippen molar-refractivity contribution in [2.75, 3.05) is 101 Å². The number of hydrogen-bond donors (Lipinski definition) is 5. The highest BCUT2D eigenvalue weighted by molar-refractivity contribution is 7.90. The minimum atomic E-state index is -4.63. The molecule has 0 aliphatic carbocycles. The van der Waals surface area contributed by atoms with E-state index in [2.05, 4.69) is 46.5 Å². The second-order valence-electron chi connectivity index (χ2n) is 21.5. The smallest absolute Gasteiger partial charge is 0.293 e. The first-order chi connectivity index (χ1) is 42.2. The standard InChI is InChI=1S/C62H65ClN10O13S/c63-43-9-7-41(8-10-43)47-3-2-6-56(85-32-31-84-30-29-83-28-21-64-52-5-1-4-48-50(52)39-72(62(48)77)54-15-16-58(74)68-61(54)76)51(47)38-70-22-24-71(25-23-70)44-11-13-49(57(34-44)86-45-33-42-17-20-65-59(42)67-37-45)60(75)69-87(80,81)46-12-14-53(55(35-46)73(78)79)66-36-40-18-26-82-27-19-40/h1-14,17,20,33-35,37,40,54,64,66H,15-16,18-19,21-32,36,38-39H2,(H,65,67)(H,69,75)(H,68,74,76). The Balaban J connectivity index is 0.701. The highest BCUT2D eigenvalue weighted by atomic mass is 35.5. The van der Waals surface area contributed by atoms with Crippen LogP contribution in [0.2, 0.25) is 5.02 Å². The van der Waals surface area contributed by atoms with Crippen LogP contribution >= 0.6 is 11.6 Å². The predicted octanol–water partition coefficient (Wildman–Crippen LogP) is 8.15. The molecule has 3 fully saturated rings. The Kier molecular flexibility index (Phi) is 18.9. The molecule has 5 aromatic carbocycles. The van der Waals surface area contributed by atoms with Gasteiger partial charge in [-0.1, -0.05) is 41.9 Å². The van der Waals surface area contributed by atoms with Gasteiger partial charge in [0.05, 0.1) is 48.0 Å². The van der Waals surface area contributed by atoms with Crippen LogP contribution in [0.4, 0.5) is 22.7 Å². The summed E-state index contributed by atoms with van der Waals surface area (Å²) in [6.45, 7) is 7.08. The second kappa shape index (κ2) is 27.4. The molecule has 1 atom stereocenters. The molecule has 1 unspecified atom stereocenters. The van der Waals surface area contributed by atoms with Crippen molar-refractivity contribution in [3.8, 4) is 28.4 Å². The predicted molar refractivity (Wildman–Crippen MR) is 325 cm³/mol. The minimum Gasteiger partial charge on any atom is -0.491 e. The lowest BCUT2D eigenvalue weighted by Crippen LogP contribution is -2.52. The van der Waals surface area contributed by atoms with Gasteiger partial charge >= 0.3 is 0 Å². The van der Waals surface area contributed by atoms with Crippen LogP contribution < -0.4 is 35.0 Å². The molecule has 4 aliphatic heterocycles. The van der Waals surface area contributed by atoms with Gasteiger partial charge in [0.25, 0.3) is 27.5 Å². The fourth-order valence-corrected chi connectivity index (χ4v) is 12.3. The molecule has 0 spiro atoms. The van der Waals surface area contributed by atoms with Gasteiger partial charge in [-0.2, -0.15) is 0 Å². The van der Waals surface area contributed by atoms with Crippen molar-refractivity contribution in [2.24, 2.45) is 5.92 Å². The van der Waals surface area contributed by atoms with E-state index in [-0.39, 0.29) is 54.3 Å². The second-order valence-corrected chi connectivity index (χ2v) is 23.6. The number of piperidine rings is 1. The molecule has 7 aromatic rings. The lowest BCUT2D eigenvalue weighted by atomic mass is 9.98. The topological polar surface area (TPSA) is 278 Å². The average molecular weight is 1230 g/mol. The fourth-order valence-electron chi connectivity index (χ4n) is 11.2. The highest BCUT2D eigenvalue weighted by Crippen LogP contribution is 2.37. The number of halogens is 1. The fraction of sp³-hybridized carbons (Fsp3) is 0.339. The third kappa shape index (κ3) is 14.4. The number of aromatic amines is 1. The van der Waals surface area contributed by atoms with E-state index in [0.29, 0.717) is 120 Å². The maximum atomic E-state index is 14.1. The van der Waals surface area contributed by atoms with Crippen LogP contribution in [0.1, 0.15) is 57.5 Å². The number of amides is 4. The number of ether oxygens (including phenoxy) is 5. The van der Waals surface area contributed by atoms with E-state index in [1.54, 1.807) is 36.5 Å². The van der Waals surface area contributed by atoms with Crippen molar-refractivity contribution in [1.29, 1.82) is 0 Å². The molecule has 4 amide bonds. The van der Waals surface area contributed by atoms with Crippen molar-refractivity contribution in [3.05, 3.63) is 159 Å². The zero-order chi connectivity index (χ0) is 60.4. The molecule has 454 valence electrons. The van der Waals surface area contributed by atoms with Crippen LogP contribution in [0.5, 0.6) is 17.2 Å². The molecule has 23 nitrogen and oxygen atoms in total. The lowest BCUT2D eigenvalue weighted by Gasteiger charge is -2.37. The normalized spacial score (nSPS) is 16.6. The van der Waals surface area contributed by atoms with Gasteiger partial charge in [0.15, 0.2) is 0 Å². The van der Waals surface area contributed by atoms with E-state index in [1.807, 2.05) is 48.5 Å². The Morgan fingerprint density at radius 2 is 1.59 bits per heavy atom. The summed E-state index contributed by atoms with van der Waals surface area (Å²) >= 11 is 6.33. The molecule has 2 aromatic heterocycles. The molecule has 6 heterocycles. The molecule has 3 saturated heterocycles. The number of pyridine rings is 1. The Morgan fingerprint density at radius 1 is 0.816 bits per heavy atom. The maximum Gasteiger partial charge on any atom is 0.293 e. The minimum absolute atomic E-state index is 0.0660. The molecular weight excluding hydrogens is 1160 g/mol. The van der Waals surface area contributed by atoms with Crippen molar-refractivity contribution in [1.82, 2.24) is 29.8 Å². The molecule has 25 heteroatoms. The van der Waals surface area contributed by atoms with Gasteiger partial charge in [0, 0.05) is 129 Å². The number of anilines is 3. The Bertz CT molecular complexity index is 3800. The van der Waals surface area contributed by atoms with Crippen LogP contribution in [0.15, 0.2) is 126 Å². The number of hydrogen-bond acceptors (Lipinski definition) is 18. The summed E-state index contributed by atoms with van der Waals surface area (Å²) in [6.07, 6.45) is 5.31. The van der Waals surface area contributed by atoms with E-state index < -0.39 is 43.4 Å². The SMILES string of the molecule is O=C1CCC(N2Cc3c(NCCOCCOCCOc4cccc(-c5ccc(Cl)cc5)c4CN4CCN(c5ccc(C(=O)NS(=O)(=O)c6ccc(NCC7CCOCC7)c([N+](=O)[O-])c6)c(Oc6cnc7[nH]ccc7c6)c5)CC4)cccc3C2=O)C(=O)N1. The Labute approximate surface area is 506 Å². The molecule has 0 radical (unpaired) electrons. The first-order valence-electron chi connectivity index (χ1n) is 28.8. The Hall–Kier alpha value is -8.65. The van der Waals surface area contributed by atoms with Crippen molar-refractivity contribution >= 4 is 79.0 Å². The number of nitrogens with zero attached hydrogens (tertiary/aromatic N) is 5. The van der Waals surface area contributed by atoms with E-state index in [4.69, 9.17) is 35.3 Å². The summed E-state index contributed by atoms with van der Waals surface area (Å²) in [5.74, 6) is -0.688. The first-order valence-corrected chi connectivity index (χ1v) is 30.7. The van der Waals surface area contributed by atoms with Gasteiger partial charge in [-0.05, 0) is 103 Å². The third-order valence-corrected chi connectivity index (χ3v) is 17.4. The quantitative estimate of drug-likeness (QED) is 0.0156. The summed E-state index contributed by atoms with van der Waals surface area (Å²) in [5, 5.41) is 22.4. The Morgan fingerprint density at radius 3 is 2.38 bits per heavy atom. The summed E-state index contributed by atoms with van der Waals surface area (Å²) < 4.78 is 59.8. The van der Waals surface area contributed by atoms with Gasteiger partial charge in [0.1, 0.15) is 41.2 Å². The average Bonchev–Trinajstić information content (AvgIpc) is 2.42. The van der Waals surface area contributed by atoms with Gasteiger partial charge in [-0.3, -0.25) is 39.5 Å². The molecule has 4 aliphatic rings. The van der Waals surface area contributed by atoms with E-state index in [0.717, 1.165) is 57.9 Å². The summed E-state index contributed by atoms with van der Waals surface area (Å²) in [5.41, 5.74) is 6.06. The highest BCUT2D eigenvalue weighted by Gasteiger charge is 2.40. The lowest BCUT2D eigenvalue weighted by molar-refractivity contribution is -0.384. The molecule has 0 saturated carbocycles. The van der Waals surface area contributed by atoms with Crippen LogP contribution in [0, 0.1) is 16.0 Å². The number of carbonyl (C=O) groups is 4. The van der Waals surface area contributed by atoms with Crippen molar-refractivity contribution < 1.29 is 56.2 Å². The molecule has 11 rings (SSSR count). The first kappa shape index (κ1) is 60.1. The maximum absolute atomic E-state index is 14.1. The van der Waals surface area contributed by atoms with Crippen LogP contribution in [-0.2, 0) is 46.9 Å². The number of sulfonamides is 1. The number of fused-ring (bicyclic) bond motifs is 2. The van der Waals surface area contributed by atoms with E-state index in [1.165, 1.54) is 29.3 Å². The van der Waals surface area contributed by atoms with Gasteiger partial charge in [0.2, 0.25) is 11.8 Å². The number of aromatic nitrogens is 2. The van der Waals surface area contributed by atoms with Crippen molar-refractivity contribution in [3.63, 3.8) is 0 Å². The van der Waals surface area contributed by atoms with E-state index in [9.17, 15) is 37.7 Å². The number of nitro benzene ring substituents is 1. The monoisotopic (exact) mass is 1220 g/mol. The molecule has 87 heavy (non-hydrogen) atoms. The number of carbonyl (C=O) groups excluding carboxylic acids is 4. The number of H-pyrrole nitrogens is 1. The molecular formula is C62H65ClN10O13S. The zero-order valence-corrected chi connectivity index (χ0v) is 49.0. The van der Waals surface area contributed by atoms with Gasteiger partial charge < -0.3 is 49.1 Å². The van der Waals surface area contributed by atoms with Crippen LogP contribution in [0.25, 0.3) is 22.2 Å². The van der Waals surface area contributed by atoms with Gasteiger partial charge in [-0.15, -0.1) is 0 Å². The van der Waals surface area contributed by atoms with Gasteiger partial charge in [-0.25, -0.2) is 18.1 Å². The van der Waals surface area contributed by atoms with Crippen molar-refractivity contribution in [2.45, 2.75) is 49.7 Å². The summed E-state index contributed by atoms with van der Waals surface area (Å²) in [6, 6.07) is 30.4. The number of imide groups is 1. The largest absolute Gasteiger partial charge is 0.491 e. The third-order valence-electron chi connectivity index (χ3n) is 15.8.